The highest BCUT2D eigenvalue weighted by atomic mass is 16.2. The lowest BCUT2D eigenvalue weighted by Crippen LogP contribution is -2.42. The number of amides is 3. The Morgan fingerprint density at radius 1 is 1.27 bits per heavy atom. The van der Waals surface area contributed by atoms with Gasteiger partial charge in [-0.25, -0.2) is 0 Å². The molecule has 0 radical (unpaired) electrons. The van der Waals surface area contributed by atoms with Gasteiger partial charge < -0.3 is 15.1 Å². The van der Waals surface area contributed by atoms with E-state index in [1.807, 2.05) is 18.2 Å². The highest BCUT2D eigenvalue weighted by Crippen LogP contribution is 2.11. The van der Waals surface area contributed by atoms with Gasteiger partial charge in [-0.2, -0.15) is 0 Å². The van der Waals surface area contributed by atoms with Crippen LogP contribution in [0.15, 0.2) is 30.3 Å². The summed E-state index contributed by atoms with van der Waals surface area (Å²) in [6.07, 6.45) is 2.18. The van der Waals surface area contributed by atoms with Gasteiger partial charge in [0.25, 0.3) is 0 Å². The van der Waals surface area contributed by atoms with E-state index in [1.165, 1.54) is 4.90 Å². The minimum atomic E-state index is -0.626. The smallest absolute Gasteiger partial charge is 0.316 e. The number of hydrogen-bond donors (Lipinski definition) is 1. The summed E-state index contributed by atoms with van der Waals surface area (Å²) in [5.74, 6) is -1.05. The quantitative estimate of drug-likeness (QED) is 0.645. The molecule has 1 N–H and O–H groups in total. The number of nitrogens with zero attached hydrogens (tertiary/aromatic N) is 2. The topological polar surface area (TPSA) is 69.7 Å². The normalized spacial score (nSPS) is 14.0. The van der Waals surface area contributed by atoms with E-state index in [1.54, 1.807) is 24.1 Å². The molecule has 0 saturated carbocycles. The number of likely N-dealkylation sites (N-methyl/N-ethyl adjacent to an activating group) is 1. The Balaban J connectivity index is 1.72. The molecule has 118 valence electrons. The average Bonchev–Trinajstić information content (AvgIpc) is 2.96. The Morgan fingerprint density at radius 3 is 2.64 bits per heavy atom. The number of carbonyl (C=O) groups is 3. The molecule has 6 heteroatoms. The maximum absolute atomic E-state index is 12.0. The number of carbonyl (C=O) groups excluding carboxylic acids is 3. The minimum Gasteiger partial charge on any atom is -0.348 e. The zero-order valence-electron chi connectivity index (χ0n) is 12.7. The number of anilines is 1. The molecule has 22 heavy (non-hydrogen) atoms. The van der Waals surface area contributed by atoms with Gasteiger partial charge in [-0.05, 0) is 25.0 Å². The fourth-order valence-corrected chi connectivity index (χ4v) is 2.41. The second-order valence-electron chi connectivity index (χ2n) is 5.29. The summed E-state index contributed by atoms with van der Waals surface area (Å²) in [4.78, 5) is 38.4. The van der Waals surface area contributed by atoms with Crippen molar-refractivity contribution in [2.24, 2.45) is 0 Å². The number of hydrogen-bond acceptors (Lipinski definition) is 3. The van der Waals surface area contributed by atoms with Gasteiger partial charge >= 0.3 is 11.8 Å². The van der Waals surface area contributed by atoms with Crippen molar-refractivity contribution in [3.8, 4) is 0 Å². The van der Waals surface area contributed by atoms with Crippen molar-refractivity contribution in [2.45, 2.75) is 19.3 Å². The van der Waals surface area contributed by atoms with Crippen molar-refractivity contribution in [2.75, 3.05) is 31.6 Å². The highest BCUT2D eigenvalue weighted by Gasteiger charge is 2.21. The first kappa shape index (κ1) is 16.0. The van der Waals surface area contributed by atoms with Crippen LogP contribution >= 0.6 is 0 Å². The van der Waals surface area contributed by atoms with E-state index in [0.717, 1.165) is 13.0 Å². The van der Waals surface area contributed by atoms with Crippen molar-refractivity contribution in [1.82, 2.24) is 10.2 Å². The van der Waals surface area contributed by atoms with Crippen LogP contribution in [0.1, 0.15) is 19.3 Å². The van der Waals surface area contributed by atoms with Gasteiger partial charge in [0.05, 0.1) is 0 Å². The Bertz CT molecular complexity index is 545. The molecule has 6 nitrogen and oxygen atoms in total. The Morgan fingerprint density at radius 2 is 2.00 bits per heavy atom. The Kier molecular flexibility index (Phi) is 5.52. The molecule has 1 saturated heterocycles. The summed E-state index contributed by atoms with van der Waals surface area (Å²) < 4.78 is 0. The van der Waals surface area contributed by atoms with Crippen molar-refractivity contribution in [3.05, 3.63) is 30.3 Å². The fraction of sp³-hybridized carbons (Fsp3) is 0.438. The predicted molar refractivity (Wildman–Crippen MR) is 83.3 cm³/mol. The molecule has 1 aliphatic rings. The largest absolute Gasteiger partial charge is 0.348 e. The molecule has 0 unspecified atom stereocenters. The number of benzene rings is 1. The van der Waals surface area contributed by atoms with Crippen LogP contribution in [0.4, 0.5) is 5.69 Å². The van der Waals surface area contributed by atoms with E-state index in [4.69, 9.17) is 0 Å². The van der Waals surface area contributed by atoms with E-state index in [-0.39, 0.29) is 5.91 Å². The van der Waals surface area contributed by atoms with Crippen LogP contribution in [0.3, 0.4) is 0 Å². The minimum absolute atomic E-state index is 0.172. The second kappa shape index (κ2) is 7.59. The van der Waals surface area contributed by atoms with Gasteiger partial charge in [0.15, 0.2) is 0 Å². The molecule has 0 atom stereocenters. The van der Waals surface area contributed by atoms with E-state index in [2.05, 4.69) is 5.32 Å². The maximum Gasteiger partial charge on any atom is 0.316 e. The van der Waals surface area contributed by atoms with Gasteiger partial charge in [-0.1, -0.05) is 18.2 Å². The number of nitrogens with one attached hydrogen (secondary N) is 1. The average molecular weight is 303 g/mol. The summed E-state index contributed by atoms with van der Waals surface area (Å²) in [5.41, 5.74) is 0.672. The van der Waals surface area contributed by atoms with Crippen molar-refractivity contribution in [3.63, 3.8) is 0 Å². The van der Waals surface area contributed by atoms with E-state index < -0.39 is 11.8 Å². The summed E-state index contributed by atoms with van der Waals surface area (Å²) in [6, 6.07) is 9.00. The van der Waals surface area contributed by atoms with E-state index in [9.17, 15) is 14.4 Å². The van der Waals surface area contributed by atoms with Gasteiger partial charge in [0.2, 0.25) is 5.91 Å². The van der Waals surface area contributed by atoms with Crippen molar-refractivity contribution < 1.29 is 14.4 Å². The lowest BCUT2D eigenvalue weighted by atomic mass is 10.3. The van der Waals surface area contributed by atoms with E-state index >= 15 is 0 Å². The molecule has 2 rings (SSSR count). The summed E-state index contributed by atoms with van der Waals surface area (Å²) in [5, 5.41) is 2.60. The number of likely N-dealkylation sites (tertiary alicyclic amines) is 1. The zero-order valence-corrected chi connectivity index (χ0v) is 12.7. The molecule has 1 heterocycles. The predicted octanol–water partition coefficient (Wildman–Crippen LogP) is 0.778. The molecule has 0 spiro atoms. The third-order valence-electron chi connectivity index (χ3n) is 3.70. The highest BCUT2D eigenvalue weighted by molar-refractivity contribution is 6.40. The van der Waals surface area contributed by atoms with Crippen LogP contribution in [0.2, 0.25) is 0 Å². The standard InChI is InChI=1S/C16H21N3O3/c1-18(13-7-3-2-4-8-13)16(22)15(21)17-10-6-12-19-11-5-9-14(19)20/h2-4,7-8H,5-6,9-12H2,1H3,(H,17,21). The van der Waals surface area contributed by atoms with Gasteiger partial charge in [0, 0.05) is 38.8 Å². The molecule has 1 aliphatic heterocycles. The van der Waals surface area contributed by atoms with Crippen LogP contribution in [0, 0.1) is 0 Å². The van der Waals surface area contributed by atoms with Gasteiger partial charge in [0.1, 0.15) is 0 Å². The molecule has 3 amide bonds. The third-order valence-corrected chi connectivity index (χ3v) is 3.70. The molecule has 1 aromatic carbocycles. The number of rotatable bonds is 5. The van der Waals surface area contributed by atoms with Crippen LogP contribution in [-0.2, 0) is 14.4 Å². The van der Waals surface area contributed by atoms with E-state index in [0.29, 0.717) is 31.6 Å². The molecular weight excluding hydrogens is 282 g/mol. The molecule has 0 aromatic heterocycles. The van der Waals surface area contributed by atoms with Crippen LogP contribution in [0.25, 0.3) is 0 Å². The fourth-order valence-electron chi connectivity index (χ4n) is 2.41. The summed E-state index contributed by atoms with van der Waals surface area (Å²) in [6.45, 7) is 1.81. The molecular formula is C16H21N3O3. The first-order chi connectivity index (χ1) is 10.6. The SMILES string of the molecule is CN(C(=O)C(=O)NCCCN1CCCC1=O)c1ccccc1. The molecule has 1 fully saturated rings. The Labute approximate surface area is 130 Å². The van der Waals surface area contributed by atoms with Crippen molar-refractivity contribution in [1.29, 1.82) is 0 Å². The third kappa shape index (κ3) is 4.07. The summed E-state index contributed by atoms with van der Waals surface area (Å²) >= 11 is 0. The number of para-hydroxylation sites is 1. The van der Waals surface area contributed by atoms with Crippen LogP contribution < -0.4 is 10.2 Å². The summed E-state index contributed by atoms with van der Waals surface area (Å²) in [7, 11) is 1.57. The van der Waals surface area contributed by atoms with Crippen molar-refractivity contribution >= 4 is 23.4 Å². The Hall–Kier alpha value is -2.37. The lowest BCUT2D eigenvalue weighted by Gasteiger charge is -2.17. The van der Waals surface area contributed by atoms with Gasteiger partial charge in [-0.15, -0.1) is 0 Å². The zero-order chi connectivity index (χ0) is 15.9. The van der Waals surface area contributed by atoms with Crippen LogP contribution in [-0.4, -0.2) is 49.3 Å². The van der Waals surface area contributed by atoms with Crippen LogP contribution in [0.5, 0.6) is 0 Å². The second-order valence-corrected chi connectivity index (χ2v) is 5.29. The molecule has 0 bridgehead atoms. The van der Waals surface area contributed by atoms with Gasteiger partial charge in [-0.3, -0.25) is 14.4 Å². The monoisotopic (exact) mass is 303 g/mol. The maximum atomic E-state index is 12.0. The molecule has 1 aromatic rings. The lowest BCUT2D eigenvalue weighted by molar-refractivity contribution is -0.137. The molecule has 0 aliphatic carbocycles. The first-order valence-corrected chi connectivity index (χ1v) is 7.48. The first-order valence-electron chi connectivity index (χ1n) is 7.48.